The number of benzene rings is 2. The van der Waals surface area contributed by atoms with Crippen LogP contribution in [-0.2, 0) is 21.3 Å². The van der Waals surface area contributed by atoms with Gasteiger partial charge in [-0.2, -0.15) is 4.31 Å². The zero-order chi connectivity index (χ0) is 27.8. The van der Waals surface area contributed by atoms with E-state index in [1.807, 2.05) is 43.3 Å². The summed E-state index contributed by atoms with van der Waals surface area (Å²) in [5.74, 6) is 0.835. The lowest BCUT2D eigenvalue weighted by Crippen LogP contribution is -2.37. The average molecular weight is 585 g/mol. The molecule has 0 unspecified atom stereocenters. The third kappa shape index (κ3) is 7.22. The molecule has 0 radical (unpaired) electrons. The number of morpholine rings is 1. The molecule has 2 aliphatic heterocycles. The van der Waals surface area contributed by atoms with Crippen molar-refractivity contribution in [2.24, 2.45) is 4.99 Å². The van der Waals surface area contributed by atoms with Crippen molar-refractivity contribution in [3.8, 4) is 17.0 Å². The van der Waals surface area contributed by atoms with E-state index >= 15 is 0 Å². The highest BCUT2D eigenvalue weighted by atomic mass is 32.2. The lowest BCUT2D eigenvalue weighted by molar-refractivity contribution is 0.0369. The first-order chi connectivity index (χ1) is 19.5. The van der Waals surface area contributed by atoms with Crippen molar-refractivity contribution in [2.75, 3.05) is 52.5 Å². The standard InChI is InChI=1S/C30H40N4O4S2/c1-2-38-27-12-10-26(11-13-27)31-30-34(19-7-16-32-20-22-37-23-21-32)29(24-39-30)25-8-14-28(15-9-25)40(35,36)33-17-5-3-4-6-18-33/h8-15,24H,2-7,16-23H2,1H3. The van der Waals surface area contributed by atoms with Gasteiger partial charge in [0.1, 0.15) is 5.75 Å². The number of rotatable bonds is 10. The minimum Gasteiger partial charge on any atom is -0.494 e. The molecule has 0 bridgehead atoms. The summed E-state index contributed by atoms with van der Waals surface area (Å²) in [6.07, 6.45) is 5.04. The average Bonchev–Trinajstić information content (AvgIpc) is 3.17. The van der Waals surface area contributed by atoms with Gasteiger partial charge in [0.05, 0.1) is 36.1 Å². The molecule has 216 valence electrons. The van der Waals surface area contributed by atoms with Crippen LogP contribution in [0, 0.1) is 0 Å². The zero-order valence-electron chi connectivity index (χ0n) is 23.3. The highest BCUT2D eigenvalue weighted by Gasteiger charge is 2.25. The van der Waals surface area contributed by atoms with Gasteiger partial charge in [0.25, 0.3) is 0 Å². The molecule has 2 fully saturated rings. The summed E-state index contributed by atoms with van der Waals surface area (Å²) in [5.41, 5.74) is 2.92. The Morgan fingerprint density at radius 3 is 2.27 bits per heavy atom. The fourth-order valence-corrected chi connectivity index (χ4v) is 7.74. The summed E-state index contributed by atoms with van der Waals surface area (Å²) < 4.78 is 41.6. The van der Waals surface area contributed by atoms with Gasteiger partial charge in [0, 0.05) is 44.6 Å². The molecule has 1 aromatic heterocycles. The molecule has 0 spiro atoms. The van der Waals surface area contributed by atoms with Crippen LogP contribution >= 0.6 is 11.3 Å². The van der Waals surface area contributed by atoms with Gasteiger partial charge in [-0.3, -0.25) is 4.90 Å². The summed E-state index contributed by atoms with van der Waals surface area (Å²) in [4.78, 5) is 8.70. The summed E-state index contributed by atoms with van der Waals surface area (Å²) >= 11 is 1.61. The molecule has 0 amide bonds. The van der Waals surface area contributed by atoms with Crippen LogP contribution in [0.3, 0.4) is 0 Å². The van der Waals surface area contributed by atoms with E-state index in [1.54, 1.807) is 27.8 Å². The van der Waals surface area contributed by atoms with Crippen molar-refractivity contribution >= 4 is 27.0 Å². The molecule has 2 aliphatic rings. The van der Waals surface area contributed by atoms with Crippen molar-refractivity contribution in [2.45, 2.75) is 50.5 Å². The van der Waals surface area contributed by atoms with Gasteiger partial charge in [-0.25, -0.2) is 13.4 Å². The number of nitrogens with zero attached hydrogens (tertiary/aromatic N) is 4. The Kier molecular flexibility index (Phi) is 10.1. The van der Waals surface area contributed by atoms with E-state index < -0.39 is 10.0 Å². The van der Waals surface area contributed by atoms with Crippen LogP contribution in [0.4, 0.5) is 5.69 Å². The summed E-state index contributed by atoms with van der Waals surface area (Å²) in [6.45, 7) is 9.16. The van der Waals surface area contributed by atoms with Crippen molar-refractivity contribution in [3.63, 3.8) is 0 Å². The number of ether oxygens (including phenoxy) is 2. The van der Waals surface area contributed by atoms with Crippen molar-refractivity contribution in [1.29, 1.82) is 0 Å². The minimum absolute atomic E-state index is 0.367. The summed E-state index contributed by atoms with van der Waals surface area (Å²) in [7, 11) is -3.48. The van der Waals surface area contributed by atoms with Crippen LogP contribution in [0.5, 0.6) is 5.75 Å². The second-order valence-electron chi connectivity index (χ2n) is 10.2. The molecule has 0 aliphatic carbocycles. The van der Waals surface area contributed by atoms with Gasteiger partial charge < -0.3 is 14.0 Å². The maximum atomic E-state index is 13.3. The first-order valence-corrected chi connectivity index (χ1v) is 16.7. The van der Waals surface area contributed by atoms with Crippen LogP contribution in [0.1, 0.15) is 39.0 Å². The Hall–Kier alpha value is -2.50. The van der Waals surface area contributed by atoms with Crippen molar-refractivity contribution in [3.05, 3.63) is 58.7 Å². The first-order valence-electron chi connectivity index (χ1n) is 14.4. The summed E-state index contributed by atoms with van der Waals surface area (Å²) in [6, 6.07) is 15.2. The van der Waals surface area contributed by atoms with E-state index in [2.05, 4.69) is 14.8 Å². The Labute approximate surface area is 241 Å². The van der Waals surface area contributed by atoms with Crippen LogP contribution in [0.2, 0.25) is 0 Å². The number of aromatic nitrogens is 1. The molecule has 3 heterocycles. The van der Waals surface area contributed by atoms with E-state index in [9.17, 15) is 8.42 Å². The maximum Gasteiger partial charge on any atom is 0.243 e. The van der Waals surface area contributed by atoms with Gasteiger partial charge >= 0.3 is 0 Å². The molecule has 8 nitrogen and oxygen atoms in total. The molecule has 3 aromatic rings. The Balaban J connectivity index is 1.41. The van der Waals surface area contributed by atoms with Crippen LogP contribution in [0.25, 0.3) is 11.3 Å². The second-order valence-corrected chi connectivity index (χ2v) is 13.0. The number of sulfonamides is 1. The predicted octanol–water partition coefficient (Wildman–Crippen LogP) is 5.13. The Bertz CT molecular complexity index is 1380. The molecule has 10 heteroatoms. The molecule has 0 saturated carbocycles. The smallest absolute Gasteiger partial charge is 0.243 e. The Morgan fingerprint density at radius 2 is 1.60 bits per heavy atom. The monoisotopic (exact) mass is 584 g/mol. The van der Waals surface area contributed by atoms with E-state index in [4.69, 9.17) is 14.5 Å². The van der Waals surface area contributed by atoms with E-state index in [0.29, 0.717) is 24.6 Å². The third-order valence-electron chi connectivity index (χ3n) is 7.48. The predicted molar refractivity (Wildman–Crippen MR) is 160 cm³/mol. The van der Waals surface area contributed by atoms with Crippen molar-refractivity contribution in [1.82, 2.24) is 13.8 Å². The molecular weight excluding hydrogens is 544 g/mol. The molecule has 0 atom stereocenters. The number of thiazole rings is 1. The lowest BCUT2D eigenvalue weighted by Gasteiger charge is -2.26. The lowest BCUT2D eigenvalue weighted by atomic mass is 10.2. The number of hydrogen-bond acceptors (Lipinski definition) is 7. The first kappa shape index (κ1) is 29.0. The Morgan fingerprint density at radius 1 is 0.900 bits per heavy atom. The van der Waals surface area contributed by atoms with Crippen LogP contribution < -0.4 is 9.54 Å². The molecule has 2 aromatic carbocycles. The SMILES string of the molecule is CCOc1ccc(N=c2scc(-c3ccc(S(=O)(=O)N4CCCCCC4)cc3)n2CCCN2CCOCC2)cc1. The maximum absolute atomic E-state index is 13.3. The normalized spacial score (nSPS) is 18.1. The van der Waals surface area contributed by atoms with Gasteiger partial charge in [0.15, 0.2) is 4.80 Å². The van der Waals surface area contributed by atoms with E-state index in [-0.39, 0.29) is 0 Å². The molecular formula is C30H40N4O4S2. The fourth-order valence-electron chi connectivity index (χ4n) is 5.27. The molecule has 40 heavy (non-hydrogen) atoms. The minimum atomic E-state index is -3.48. The second kappa shape index (κ2) is 13.9. The zero-order valence-corrected chi connectivity index (χ0v) is 25.0. The van der Waals surface area contributed by atoms with Gasteiger partial charge in [-0.15, -0.1) is 11.3 Å². The highest BCUT2D eigenvalue weighted by molar-refractivity contribution is 7.89. The molecule has 5 rings (SSSR count). The van der Waals surface area contributed by atoms with Crippen molar-refractivity contribution < 1.29 is 17.9 Å². The highest BCUT2D eigenvalue weighted by Crippen LogP contribution is 2.26. The van der Waals surface area contributed by atoms with Crippen LogP contribution in [-0.4, -0.2) is 74.7 Å². The fraction of sp³-hybridized carbons (Fsp3) is 0.500. The molecule has 0 N–H and O–H groups in total. The van der Waals surface area contributed by atoms with E-state index in [1.165, 1.54) is 0 Å². The topological polar surface area (TPSA) is 76.4 Å². The number of hydrogen-bond donors (Lipinski definition) is 0. The van der Waals surface area contributed by atoms with Crippen LogP contribution in [0.15, 0.2) is 63.8 Å². The largest absolute Gasteiger partial charge is 0.494 e. The van der Waals surface area contributed by atoms with Gasteiger partial charge in [0.2, 0.25) is 10.0 Å². The summed E-state index contributed by atoms with van der Waals surface area (Å²) in [5, 5.41) is 2.13. The van der Waals surface area contributed by atoms with Gasteiger partial charge in [-0.05, 0) is 68.1 Å². The molecule has 2 saturated heterocycles. The van der Waals surface area contributed by atoms with E-state index in [0.717, 1.165) is 99.0 Å². The third-order valence-corrected chi connectivity index (χ3v) is 10.3. The quantitative estimate of drug-likeness (QED) is 0.330. The van der Waals surface area contributed by atoms with Gasteiger partial charge in [-0.1, -0.05) is 25.0 Å².